The third-order valence-electron chi connectivity index (χ3n) is 4.68. The summed E-state index contributed by atoms with van der Waals surface area (Å²) >= 11 is 6.33. The molecule has 0 radical (unpaired) electrons. The van der Waals surface area contributed by atoms with Crippen molar-refractivity contribution in [2.75, 3.05) is 0 Å². The molecule has 0 N–H and O–H groups in total. The Labute approximate surface area is 163 Å². The largest absolute Gasteiger partial charge is 0.272 e. The zero-order valence-corrected chi connectivity index (χ0v) is 15.5. The molecule has 2 aromatic rings. The summed E-state index contributed by atoms with van der Waals surface area (Å²) < 4.78 is 0. The van der Waals surface area contributed by atoms with Crippen molar-refractivity contribution in [2.45, 2.75) is 19.4 Å². The molecule has 1 aliphatic rings. The minimum atomic E-state index is -1.01. The predicted octanol–water partition coefficient (Wildman–Crippen LogP) is 4.12. The quantitative estimate of drug-likeness (QED) is 0.787. The van der Waals surface area contributed by atoms with Crippen LogP contribution < -0.4 is 0 Å². The summed E-state index contributed by atoms with van der Waals surface area (Å²) in [5.74, 6) is -2.61. The number of nitrogens with zero attached hydrogens (tertiary/aromatic N) is 4. The highest BCUT2D eigenvalue weighted by Crippen LogP contribution is 2.40. The summed E-state index contributed by atoms with van der Waals surface area (Å²) in [6.45, 7) is 2.09. The van der Waals surface area contributed by atoms with Crippen LogP contribution in [0.2, 0.25) is 5.02 Å². The van der Waals surface area contributed by atoms with Crippen LogP contribution in [-0.4, -0.2) is 16.6 Å². The van der Waals surface area contributed by atoms with Gasteiger partial charge in [-0.2, -0.15) is 15.6 Å². The van der Waals surface area contributed by atoms with Crippen molar-refractivity contribution in [3.8, 4) is 12.1 Å². The Morgan fingerprint density at radius 3 is 2.37 bits per heavy atom. The second-order valence-electron chi connectivity index (χ2n) is 6.38. The maximum absolute atomic E-state index is 13.1. The number of hydrogen-bond acceptors (Lipinski definition) is 4. The van der Waals surface area contributed by atoms with Crippen LogP contribution in [0.5, 0.6) is 0 Å². The average Bonchev–Trinajstić information content (AvgIpc) is 2.95. The van der Waals surface area contributed by atoms with E-state index in [1.807, 2.05) is 42.5 Å². The number of hydrazone groups is 1. The predicted molar refractivity (Wildman–Crippen MR) is 103 cm³/mol. The summed E-state index contributed by atoms with van der Waals surface area (Å²) in [6, 6.07) is 20.6. The number of nitriles is 2. The van der Waals surface area contributed by atoms with Crippen molar-refractivity contribution in [3.05, 3.63) is 70.7 Å². The number of carbonyl (C=O) groups excluding carboxylic acids is 1. The second-order valence-corrected chi connectivity index (χ2v) is 6.79. The molecule has 27 heavy (non-hydrogen) atoms. The van der Waals surface area contributed by atoms with Gasteiger partial charge in [0.15, 0.2) is 0 Å². The lowest BCUT2D eigenvalue weighted by Gasteiger charge is -2.25. The van der Waals surface area contributed by atoms with Gasteiger partial charge in [-0.3, -0.25) is 4.79 Å². The lowest BCUT2D eigenvalue weighted by Crippen LogP contribution is -2.34. The van der Waals surface area contributed by atoms with Crippen LogP contribution in [-0.2, 0) is 11.3 Å². The molecule has 134 valence electrons. The molecule has 0 unspecified atom stereocenters. The standard InChI is InChI=1S/C21H17ClN4O/c1-14-19(21(27)26(25-14)13-15-7-3-2-4-8-15)20(16(11-23)12-24)17-9-5-6-10-18(17)22/h2-10,16,19-20H,13H2,1H3/t19-,20-/m1/s1. The molecule has 0 bridgehead atoms. The SMILES string of the molecule is CC1=NN(Cc2ccccc2)C(=O)[C@H]1[C@@H](c1ccccc1Cl)C(C#N)C#N. The number of carbonyl (C=O) groups is 1. The Kier molecular flexibility index (Phi) is 5.54. The van der Waals surface area contributed by atoms with E-state index >= 15 is 0 Å². The van der Waals surface area contributed by atoms with Crippen LogP contribution in [0.1, 0.15) is 24.0 Å². The third kappa shape index (κ3) is 3.69. The fourth-order valence-corrected chi connectivity index (χ4v) is 3.67. The van der Waals surface area contributed by atoms with Crippen molar-refractivity contribution in [1.29, 1.82) is 10.5 Å². The number of halogens is 1. The zero-order valence-electron chi connectivity index (χ0n) is 14.7. The van der Waals surface area contributed by atoms with E-state index in [2.05, 4.69) is 5.10 Å². The first-order valence-corrected chi connectivity index (χ1v) is 8.88. The minimum Gasteiger partial charge on any atom is -0.272 e. The highest BCUT2D eigenvalue weighted by atomic mass is 35.5. The van der Waals surface area contributed by atoms with E-state index in [0.717, 1.165) is 5.56 Å². The Hall–Kier alpha value is -3.15. The monoisotopic (exact) mass is 376 g/mol. The Balaban J connectivity index is 1.97. The van der Waals surface area contributed by atoms with Gasteiger partial charge in [-0.15, -0.1) is 0 Å². The molecule has 1 heterocycles. The van der Waals surface area contributed by atoms with Crippen molar-refractivity contribution in [3.63, 3.8) is 0 Å². The number of benzene rings is 2. The fourth-order valence-electron chi connectivity index (χ4n) is 3.41. The topological polar surface area (TPSA) is 80.2 Å². The summed E-state index contributed by atoms with van der Waals surface area (Å²) in [6.07, 6.45) is 0. The molecule has 0 spiro atoms. The van der Waals surface area contributed by atoms with Crippen LogP contribution in [0.3, 0.4) is 0 Å². The molecular formula is C21H17ClN4O. The van der Waals surface area contributed by atoms with Gasteiger partial charge in [0.05, 0.1) is 24.6 Å². The van der Waals surface area contributed by atoms with Crippen LogP contribution >= 0.6 is 11.6 Å². The Morgan fingerprint density at radius 1 is 1.11 bits per heavy atom. The molecule has 0 fully saturated rings. The minimum absolute atomic E-state index is 0.225. The van der Waals surface area contributed by atoms with Gasteiger partial charge in [0, 0.05) is 16.7 Å². The summed E-state index contributed by atoms with van der Waals surface area (Å²) in [7, 11) is 0. The maximum atomic E-state index is 13.1. The normalized spacial score (nSPS) is 17.4. The van der Waals surface area contributed by atoms with Gasteiger partial charge in [-0.05, 0) is 24.1 Å². The molecule has 0 aromatic heterocycles. The van der Waals surface area contributed by atoms with E-state index in [1.54, 1.807) is 31.2 Å². The molecule has 3 rings (SSSR count). The Morgan fingerprint density at radius 2 is 1.74 bits per heavy atom. The maximum Gasteiger partial charge on any atom is 0.252 e. The van der Waals surface area contributed by atoms with E-state index in [0.29, 0.717) is 22.8 Å². The van der Waals surface area contributed by atoms with Gasteiger partial charge in [-0.25, -0.2) is 5.01 Å². The van der Waals surface area contributed by atoms with Gasteiger partial charge < -0.3 is 0 Å². The van der Waals surface area contributed by atoms with E-state index in [9.17, 15) is 15.3 Å². The van der Waals surface area contributed by atoms with Crippen LogP contribution in [0.4, 0.5) is 0 Å². The molecule has 2 atom stereocenters. The summed E-state index contributed by atoms with van der Waals surface area (Å²) in [5.41, 5.74) is 2.15. The van der Waals surface area contributed by atoms with Crippen LogP contribution in [0.15, 0.2) is 59.7 Å². The lowest BCUT2D eigenvalue weighted by atomic mass is 9.75. The van der Waals surface area contributed by atoms with Gasteiger partial charge in [0.2, 0.25) is 0 Å². The first-order valence-electron chi connectivity index (χ1n) is 8.51. The van der Waals surface area contributed by atoms with Crippen molar-refractivity contribution >= 4 is 23.2 Å². The third-order valence-corrected chi connectivity index (χ3v) is 5.03. The first kappa shape index (κ1) is 18.6. The van der Waals surface area contributed by atoms with Crippen molar-refractivity contribution < 1.29 is 4.79 Å². The lowest BCUT2D eigenvalue weighted by molar-refractivity contribution is -0.133. The summed E-state index contributed by atoms with van der Waals surface area (Å²) in [5, 5.41) is 25.3. The first-order chi connectivity index (χ1) is 13.1. The van der Waals surface area contributed by atoms with Crippen molar-refractivity contribution in [1.82, 2.24) is 5.01 Å². The Bertz CT molecular complexity index is 944. The molecule has 6 heteroatoms. The van der Waals surface area contributed by atoms with Crippen molar-refractivity contribution in [2.24, 2.45) is 16.9 Å². The van der Waals surface area contributed by atoms with E-state index in [-0.39, 0.29) is 5.91 Å². The number of amides is 1. The zero-order chi connectivity index (χ0) is 19.4. The van der Waals surface area contributed by atoms with E-state index < -0.39 is 17.8 Å². The number of hydrogen-bond donors (Lipinski definition) is 0. The highest BCUT2D eigenvalue weighted by Gasteiger charge is 2.44. The molecule has 1 aliphatic heterocycles. The van der Waals surface area contributed by atoms with Gasteiger partial charge in [0.25, 0.3) is 5.91 Å². The van der Waals surface area contributed by atoms with Gasteiger partial charge >= 0.3 is 0 Å². The molecular weight excluding hydrogens is 360 g/mol. The molecule has 5 nitrogen and oxygen atoms in total. The van der Waals surface area contributed by atoms with Crippen LogP contribution in [0.25, 0.3) is 0 Å². The molecule has 0 saturated heterocycles. The van der Waals surface area contributed by atoms with E-state index in [1.165, 1.54) is 5.01 Å². The molecule has 1 amide bonds. The van der Waals surface area contributed by atoms with Crippen LogP contribution in [0, 0.1) is 34.5 Å². The molecule has 0 saturated carbocycles. The van der Waals surface area contributed by atoms with Gasteiger partial charge in [0.1, 0.15) is 5.92 Å². The highest BCUT2D eigenvalue weighted by molar-refractivity contribution is 6.31. The van der Waals surface area contributed by atoms with E-state index in [4.69, 9.17) is 11.6 Å². The van der Waals surface area contributed by atoms with Gasteiger partial charge in [-0.1, -0.05) is 60.1 Å². The summed E-state index contributed by atoms with van der Waals surface area (Å²) in [4.78, 5) is 13.1. The average molecular weight is 377 g/mol. The smallest absolute Gasteiger partial charge is 0.252 e. The second kappa shape index (κ2) is 8.03. The molecule has 0 aliphatic carbocycles. The number of rotatable bonds is 5. The molecule has 2 aromatic carbocycles. The fraction of sp³-hybridized carbons (Fsp3) is 0.238.